The molecule has 2 aliphatic heterocycles. The highest BCUT2D eigenvalue weighted by molar-refractivity contribution is 6.15. The lowest BCUT2D eigenvalue weighted by molar-refractivity contribution is 0.0872. The van der Waals surface area contributed by atoms with Gasteiger partial charge in [-0.3, -0.25) is 14.7 Å². The summed E-state index contributed by atoms with van der Waals surface area (Å²) in [5.74, 6) is 1.67. The second-order valence-corrected chi connectivity index (χ2v) is 8.92. The first-order valence-electron chi connectivity index (χ1n) is 11.7. The molecule has 0 fully saturated rings. The van der Waals surface area contributed by atoms with Crippen LogP contribution in [0.25, 0.3) is 17.2 Å². The SMILES string of the molecule is Cc1cc2c(c3c1C(=O)/C(=C/c1ccc(-c4ccccc4)cc1)O3)CN(Cc1ccncc1)CO2. The number of fused-ring (bicyclic) bond motifs is 3. The van der Waals surface area contributed by atoms with Crippen LogP contribution >= 0.6 is 0 Å². The van der Waals surface area contributed by atoms with Crippen molar-refractivity contribution in [3.8, 4) is 22.6 Å². The minimum Gasteiger partial charge on any atom is -0.478 e. The molecule has 2 aliphatic rings. The van der Waals surface area contributed by atoms with Crippen molar-refractivity contribution in [2.45, 2.75) is 20.0 Å². The molecule has 0 spiro atoms. The molecule has 3 aromatic carbocycles. The maximum Gasteiger partial charge on any atom is 0.232 e. The Morgan fingerprint density at radius 2 is 1.71 bits per heavy atom. The largest absolute Gasteiger partial charge is 0.478 e. The molecule has 1 aromatic heterocycles. The molecule has 172 valence electrons. The lowest BCUT2D eigenvalue weighted by atomic mass is 9.98. The first kappa shape index (κ1) is 21.3. The van der Waals surface area contributed by atoms with E-state index in [0.29, 0.717) is 30.3 Å². The molecule has 0 atom stereocenters. The highest BCUT2D eigenvalue weighted by atomic mass is 16.5. The molecule has 6 rings (SSSR count). The fourth-order valence-corrected chi connectivity index (χ4v) is 4.68. The number of hydrogen-bond acceptors (Lipinski definition) is 5. The molecule has 4 aromatic rings. The van der Waals surface area contributed by atoms with E-state index in [1.165, 1.54) is 0 Å². The second-order valence-electron chi connectivity index (χ2n) is 8.92. The van der Waals surface area contributed by atoms with E-state index in [0.717, 1.165) is 45.7 Å². The van der Waals surface area contributed by atoms with E-state index in [-0.39, 0.29) is 5.78 Å². The Kier molecular flexibility index (Phi) is 5.39. The van der Waals surface area contributed by atoms with Crippen LogP contribution in [0.2, 0.25) is 0 Å². The van der Waals surface area contributed by atoms with E-state index in [4.69, 9.17) is 9.47 Å². The summed E-state index contributed by atoms with van der Waals surface area (Å²) < 4.78 is 12.3. The summed E-state index contributed by atoms with van der Waals surface area (Å²) in [5, 5.41) is 0. The van der Waals surface area contributed by atoms with E-state index in [2.05, 4.69) is 34.1 Å². The maximum absolute atomic E-state index is 13.3. The number of aryl methyl sites for hydroxylation is 1. The van der Waals surface area contributed by atoms with Gasteiger partial charge in [0.2, 0.25) is 5.78 Å². The summed E-state index contributed by atoms with van der Waals surface area (Å²) in [6, 6.07) is 24.3. The fourth-order valence-electron chi connectivity index (χ4n) is 4.68. The Morgan fingerprint density at radius 3 is 2.49 bits per heavy atom. The van der Waals surface area contributed by atoms with Crippen molar-refractivity contribution < 1.29 is 14.3 Å². The topological polar surface area (TPSA) is 51.7 Å². The lowest BCUT2D eigenvalue weighted by Crippen LogP contribution is -2.31. The van der Waals surface area contributed by atoms with E-state index in [1.807, 2.05) is 61.5 Å². The minimum absolute atomic E-state index is 0.0845. The van der Waals surface area contributed by atoms with Gasteiger partial charge < -0.3 is 9.47 Å². The van der Waals surface area contributed by atoms with Crippen LogP contribution in [0.4, 0.5) is 0 Å². The van der Waals surface area contributed by atoms with E-state index in [1.54, 1.807) is 12.4 Å². The van der Waals surface area contributed by atoms with Crippen LogP contribution in [0.15, 0.2) is 90.9 Å². The first-order valence-corrected chi connectivity index (χ1v) is 11.7. The van der Waals surface area contributed by atoms with Crippen LogP contribution < -0.4 is 9.47 Å². The molecule has 0 aliphatic carbocycles. The number of carbonyl (C=O) groups is 1. The third-order valence-electron chi connectivity index (χ3n) is 6.46. The van der Waals surface area contributed by atoms with Crippen LogP contribution in [0, 0.1) is 6.92 Å². The van der Waals surface area contributed by atoms with Crippen LogP contribution in [0.5, 0.6) is 11.5 Å². The number of allylic oxidation sites excluding steroid dienone is 1. The van der Waals surface area contributed by atoms with Gasteiger partial charge in [-0.05, 0) is 59.0 Å². The van der Waals surface area contributed by atoms with Gasteiger partial charge in [-0.15, -0.1) is 0 Å². The van der Waals surface area contributed by atoms with E-state index >= 15 is 0 Å². The zero-order valence-corrected chi connectivity index (χ0v) is 19.4. The average Bonchev–Trinajstić information content (AvgIpc) is 3.23. The molecule has 5 heteroatoms. The minimum atomic E-state index is -0.0845. The third-order valence-corrected chi connectivity index (χ3v) is 6.46. The summed E-state index contributed by atoms with van der Waals surface area (Å²) in [6.07, 6.45) is 5.40. The molecule has 0 N–H and O–H groups in total. The first-order chi connectivity index (χ1) is 17.2. The zero-order valence-electron chi connectivity index (χ0n) is 19.4. The van der Waals surface area contributed by atoms with Gasteiger partial charge in [0.25, 0.3) is 0 Å². The van der Waals surface area contributed by atoms with Gasteiger partial charge in [-0.2, -0.15) is 0 Å². The number of rotatable bonds is 4. The predicted molar refractivity (Wildman–Crippen MR) is 135 cm³/mol. The van der Waals surface area contributed by atoms with E-state index < -0.39 is 0 Å². The molecule has 0 unspecified atom stereocenters. The maximum atomic E-state index is 13.3. The summed E-state index contributed by atoms with van der Waals surface area (Å²) in [7, 11) is 0. The van der Waals surface area contributed by atoms with Gasteiger partial charge in [-0.1, -0.05) is 54.6 Å². The average molecular weight is 461 g/mol. The Balaban J connectivity index is 1.28. The van der Waals surface area contributed by atoms with Gasteiger partial charge in [0.15, 0.2) is 5.76 Å². The second kappa shape index (κ2) is 8.85. The van der Waals surface area contributed by atoms with Crippen LogP contribution in [0.1, 0.15) is 32.6 Å². The molecule has 3 heterocycles. The molecular formula is C30H24N2O3. The smallest absolute Gasteiger partial charge is 0.232 e. The van der Waals surface area contributed by atoms with Crippen molar-refractivity contribution >= 4 is 11.9 Å². The summed E-state index contributed by atoms with van der Waals surface area (Å²) in [5.41, 5.74) is 6.79. The van der Waals surface area contributed by atoms with Gasteiger partial charge in [-0.25, -0.2) is 0 Å². The molecule has 0 amide bonds. The highest BCUT2D eigenvalue weighted by Gasteiger charge is 2.35. The quantitative estimate of drug-likeness (QED) is 0.348. The van der Waals surface area contributed by atoms with Crippen molar-refractivity contribution in [3.63, 3.8) is 0 Å². The predicted octanol–water partition coefficient (Wildman–Crippen LogP) is 6.03. The Bertz CT molecular complexity index is 1430. The number of nitrogens with zero attached hydrogens (tertiary/aromatic N) is 2. The van der Waals surface area contributed by atoms with Crippen molar-refractivity contribution in [1.82, 2.24) is 9.88 Å². The number of hydrogen-bond donors (Lipinski definition) is 0. The lowest BCUT2D eigenvalue weighted by Gasteiger charge is -2.30. The highest BCUT2D eigenvalue weighted by Crippen LogP contribution is 2.44. The number of benzene rings is 3. The zero-order chi connectivity index (χ0) is 23.8. The molecule has 35 heavy (non-hydrogen) atoms. The van der Waals surface area contributed by atoms with Gasteiger partial charge in [0, 0.05) is 25.5 Å². The number of ether oxygens (including phenoxy) is 2. The number of pyridine rings is 1. The molecule has 0 radical (unpaired) electrons. The molecule has 0 bridgehead atoms. The van der Waals surface area contributed by atoms with Crippen molar-refractivity contribution in [1.29, 1.82) is 0 Å². The van der Waals surface area contributed by atoms with Crippen molar-refractivity contribution in [2.24, 2.45) is 0 Å². The van der Waals surface area contributed by atoms with Gasteiger partial charge in [0.05, 0.1) is 11.1 Å². The normalized spacial score (nSPS) is 15.9. The standard InChI is InChI=1S/C30H24N2O3/c1-20-15-26-25(18-32(19-34-26)17-22-11-13-31-14-12-22)30-28(20)29(33)27(35-30)16-21-7-9-24(10-8-21)23-5-3-2-4-6-23/h2-16H,17-19H2,1H3/b27-16-. The Hall–Kier alpha value is -4.22. The van der Waals surface area contributed by atoms with Crippen LogP contribution in [-0.2, 0) is 13.1 Å². The number of carbonyl (C=O) groups excluding carboxylic acids is 1. The molecule has 0 saturated carbocycles. The van der Waals surface area contributed by atoms with Gasteiger partial charge in [0.1, 0.15) is 18.2 Å². The molecular weight excluding hydrogens is 436 g/mol. The Morgan fingerprint density at radius 1 is 0.971 bits per heavy atom. The van der Waals surface area contributed by atoms with Crippen LogP contribution in [-0.4, -0.2) is 22.4 Å². The number of aromatic nitrogens is 1. The summed E-state index contributed by atoms with van der Waals surface area (Å²) in [4.78, 5) is 19.6. The number of ketones is 1. The van der Waals surface area contributed by atoms with Gasteiger partial charge >= 0.3 is 0 Å². The summed E-state index contributed by atoms with van der Waals surface area (Å²) >= 11 is 0. The van der Waals surface area contributed by atoms with Crippen molar-refractivity contribution in [2.75, 3.05) is 6.73 Å². The third kappa shape index (κ3) is 4.11. The summed E-state index contributed by atoms with van der Waals surface area (Å²) in [6.45, 7) is 3.80. The molecule has 0 saturated heterocycles. The fraction of sp³-hybridized carbons (Fsp3) is 0.133. The number of Topliss-reactive ketones (excluding diaryl/α,β-unsaturated/α-hetero) is 1. The van der Waals surface area contributed by atoms with E-state index in [9.17, 15) is 4.79 Å². The Labute approximate surface area is 204 Å². The molecule has 5 nitrogen and oxygen atoms in total. The van der Waals surface area contributed by atoms with Crippen molar-refractivity contribution in [3.05, 3.63) is 119 Å². The monoisotopic (exact) mass is 460 g/mol. The van der Waals surface area contributed by atoms with Crippen LogP contribution in [0.3, 0.4) is 0 Å².